The minimum Gasteiger partial charge on any atom is -0.493 e. The predicted octanol–water partition coefficient (Wildman–Crippen LogP) is 2.07. The van der Waals surface area contributed by atoms with Gasteiger partial charge in [0.25, 0.3) is 5.91 Å². The minimum absolute atomic E-state index is 0.0496. The van der Waals surface area contributed by atoms with Crippen LogP contribution in [0.5, 0.6) is 11.5 Å². The van der Waals surface area contributed by atoms with E-state index in [0.717, 1.165) is 11.1 Å². The Morgan fingerprint density at radius 1 is 1.46 bits per heavy atom. The summed E-state index contributed by atoms with van der Waals surface area (Å²) in [5.74, 6) is 0.925. The molecule has 1 amide bonds. The highest BCUT2D eigenvalue weighted by Gasteiger charge is 2.16. The molecular weight excluding hydrogens is 308 g/mol. The maximum Gasteiger partial charge on any atom is 0.261 e. The quantitative estimate of drug-likeness (QED) is 0.471. The van der Waals surface area contributed by atoms with E-state index in [1.54, 1.807) is 20.3 Å². The maximum atomic E-state index is 12.0. The predicted molar refractivity (Wildman–Crippen MR) is 89.7 cm³/mol. The highest BCUT2D eigenvalue weighted by Crippen LogP contribution is 2.35. The van der Waals surface area contributed by atoms with E-state index < -0.39 is 5.91 Å². The number of hydrogen-bond acceptors (Lipinski definition) is 5. The number of hydrogen-bond donors (Lipinski definition) is 1. The zero-order chi connectivity index (χ0) is 17.4. The van der Waals surface area contributed by atoms with Crippen molar-refractivity contribution in [1.82, 2.24) is 5.32 Å². The maximum absolute atomic E-state index is 12.0. The van der Waals surface area contributed by atoms with Crippen LogP contribution in [0.1, 0.15) is 12.0 Å². The minimum atomic E-state index is -0.397. The lowest BCUT2D eigenvalue weighted by Crippen LogP contribution is -2.26. The Morgan fingerprint density at radius 2 is 2.29 bits per heavy atom. The summed E-state index contributed by atoms with van der Waals surface area (Å²) in [6, 6.07) is 7.50. The molecule has 0 unspecified atom stereocenters. The fourth-order valence-electron chi connectivity index (χ4n) is 2.29. The normalized spacial score (nSPS) is 13.2. The first-order chi connectivity index (χ1) is 11.7. The number of rotatable bonds is 7. The molecule has 1 aliphatic rings. The number of carbonyl (C=O) groups is 1. The number of para-hydroxylation sites is 1. The molecule has 1 aromatic rings. The van der Waals surface area contributed by atoms with Crippen LogP contribution in [0.25, 0.3) is 6.08 Å². The monoisotopic (exact) mass is 328 g/mol. The summed E-state index contributed by atoms with van der Waals surface area (Å²) in [7, 11) is 3.19. The zero-order valence-electron chi connectivity index (χ0n) is 13.8. The van der Waals surface area contributed by atoms with Gasteiger partial charge in [-0.2, -0.15) is 5.26 Å². The van der Waals surface area contributed by atoms with Crippen molar-refractivity contribution in [1.29, 1.82) is 5.26 Å². The average molecular weight is 328 g/mol. The lowest BCUT2D eigenvalue weighted by molar-refractivity contribution is -0.117. The number of fused-ring (bicyclic) bond motifs is 1. The molecule has 0 spiro atoms. The third-order valence-corrected chi connectivity index (χ3v) is 3.46. The summed E-state index contributed by atoms with van der Waals surface area (Å²) in [6.07, 6.45) is 4.13. The van der Waals surface area contributed by atoms with E-state index in [2.05, 4.69) is 5.32 Å². The fraction of sp³-hybridized carbons (Fsp3) is 0.333. The lowest BCUT2D eigenvalue weighted by Gasteiger charge is -2.18. The van der Waals surface area contributed by atoms with Gasteiger partial charge in [-0.3, -0.25) is 4.79 Å². The Labute approximate surface area is 141 Å². The Morgan fingerprint density at radius 3 is 3.00 bits per heavy atom. The zero-order valence-corrected chi connectivity index (χ0v) is 13.8. The van der Waals surface area contributed by atoms with E-state index in [0.29, 0.717) is 31.1 Å². The molecule has 2 rings (SSSR count). The van der Waals surface area contributed by atoms with E-state index >= 15 is 0 Å². The summed E-state index contributed by atoms with van der Waals surface area (Å²) in [4.78, 5) is 12.0. The Bertz CT molecular complexity index is 701. The number of benzene rings is 1. The van der Waals surface area contributed by atoms with Gasteiger partial charge in [-0.1, -0.05) is 12.1 Å². The molecule has 24 heavy (non-hydrogen) atoms. The molecular formula is C18H20N2O4. The van der Waals surface area contributed by atoms with Crippen molar-refractivity contribution in [2.24, 2.45) is 0 Å². The van der Waals surface area contributed by atoms with Crippen LogP contribution in [0.15, 0.2) is 35.4 Å². The van der Waals surface area contributed by atoms with Crippen LogP contribution in [0.2, 0.25) is 0 Å². The van der Waals surface area contributed by atoms with E-state index in [4.69, 9.17) is 14.2 Å². The second-order valence-corrected chi connectivity index (χ2v) is 5.16. The largest absolute Gasteiger partial charge is 0.493 e. The van der Waals surface area contributed by atoms with Crippen LogP contribution < -0.4 is 14.8 Å². The number of nitriles is 1. The molecule has 0 saturated carbocycles. The first kappa shape index (κ1) is 17.6. The summed E-state index contributed by atoms with van der Waals surface area (Å²) >= 11 is 0. The van der Waals surface area contributed by atoms with E-state index in [1.807, 2.05) is 30.3 Å². The molecule has 1 aliphatic heterocycles. The van der Waals surface area contributed by atoms with Crippen molar-refractivity contribution in [3.63, 3.8) is 0 Å². The summed E-state index contributed by atoms with van der Waals surface area (Å²) < 4.78 is 15.9. The van der Waals surface area contributed by atoms with Gasteiger partial charge < -0.3 is 19.5 Å². The van der Waals surface area contributed by atoms with Crippen molar-refractivity contribution < 1.29 is 19.0 Å². The second-order valence-electron chi connectivity index (χ2n) is 5.16. The molecule has 1 aromatic carbocycles. The molecule has 0 radical (unpaired) electrons. The average Bonchev–Trinajstić information content (AvgIpc) is 2.62. The second kappa shape index (κ2) is 8.75. The van der Waals surface area contributed by atoms with Gasteiger partial charge >= 0.3 is 0 Å². The van der Waals surface area contributed by atoms with Crippen LogP contribution in [-0.4, -0.2) is 39.9 Å². The van der Waals surface area contributed by atoms with E-state index in [-0.39, 0.29) is 12.2 Å². The van der Waals surface area contributed by atoms with Gasteiger partial charge in [0.1, 0.15) is 18.2 Å². The van der Waals surface area contributed by atoms with Gasteiger partial charge in [-0.25, -0.2) is 0 Å². The van der Waals surface area contributed by atoms with Crippen molar-refractivity contribution >= 4 is 12.0 Å². The van der Waals surface area contributed by atoms with Crippen molar-refractivity contribution in [3.8, 4) is 17.6 Å². The number of carbonyl (C=O) groups excluding carboxylic acids is 1. The molecule has 0 bridgehead atoms. The number of methoxy groups -OCH3 is 2. The van der Waals surface area contributed by atoms with Gasteiger partial charge in [0.05, 0.1) is 7.11 Å². The van der Waals surface area contributed by atoms with Crippen molar-refractivity contribution in [2.45, 2.75) is 6.42 Å². The number of ether oxygens (including phenoxy) is 3. The van der Waals surface area contributed by atoms with Gasteiger partial charge in [0.15, 0.2) is 11.5 Å². The third kappa shape index (κ3) is 4.37. The molecule has 1 N–H and O–H groups in total. The first-order valence-corrected chi connectivity index (χ1v) is 7.59. The molecule has 126 valence electrons. The smallest absolute Gasteiger partial charge is 0.261 e. The lowest BCUT2D eigenvalue weighted by atomic mass is 10.0. The van der Waals surface area contributed by atoms with Gasteiger partial charge in [-0.05, 0) is 30.2 Å². The highest BCUT2D eigenvalue weighted by atomic mass is 16.5. The van der Waals surface area contributed by atoms with Crippen molar-refractivity contribution in [2.75, 3.05) is 34.0 Å². The van der Waals surface area contributed by atoms with Gasteiger partial charge in [0.2, 0.25) is 0 Å². The van der Waals surface area contributed by atoms with Crippen LogP contribution in [0.3, 0.4) is 0 Å². The summed E-state index contributed by atoms with van der Waals surface area (Å²) in [5.41, 5.74) is 1.65. The first-order valence-electron chi connectivity index (χ1n) is 7.59. The highest BCUT2D eigenvalue weighted by molar-refractivity contribution is 5.98. The van der Waals surface area contributed by atoms with E-state index in [1.165, 1.54) is 0 Å². The Hall–Kier alpha value is -2.78. The molecule has 6 nitrogen and oxygen atoms in total. The van der Waals surface area contributed by atoms with Crippen molar-refractivity contribution in [3.05, 3.63) is 41.0 Å². The molecule has 0 aromatic heterocycles. The van der Waals surface area contributed by atoms with Crippen LogP contribution in [0, 0.1) is 11.3 Å². The summed E-state index contributed by atoms with van der Waals surface area (Å²) in [5, 5.41) is 11.9. The van der Waals surface area contributed by atoms with Crippen LogP contribution >= 0.6 is 0 Å². The Kier molecular flexibility index (Phi) is 6.41. The number of amides is 1. The number of nitrogens with zero attached hydrogens (tertiary/aromatic N) is 1. The molecule has 0 aliphatic carbocycles. The van der Waals surface area contributed by atoms with E-state index in [9.17, 15) is 10.1 Å². The van der Waals surface area contributed by atoms with Crippen LogP contribution in [0.4, 0.5) is 0 Å². The molecule has 0 saturated heterocycles. The van der Waals surface area contributed by atoms with Gasteiger partial charge in [0, 0.05) is 25.8 Å². The fourth-order valence-corrected chi connectivity index (χ4v) is 2.29. The van der Waals surface area contributed by atoms with Gasteiger partial charge in [-0.15, -0.1) is 0 Å². The molecule has 0 fully saturated rings. The number of nitrogens with one attached hydrogen (secondary N) is 1. The summed E-state index contributed by atoms with van der Waals surface area (Å²) in [6.45, 7) is 1.29. The molecule has 0 atom stereocenters. The van der Waals surface area contributed by atoms with Crippen LogP contribution in [-0.2, 0) is 9.53 Å². The SMILES string of the molecule is COCCCNC(=O)/C(C#N)=C\C1=Cc2cccc(OC)c2OC1. The topological polar surface area (TPSA) is 80.6 Å². The molecule has 6 heteroatoms. The third-order valence-electron chi connectivity index (χ3n) is 3.46. The molecule has 1 heterocycles. The Balaban J connectivity index is 2.12. The standard InChI is InChI=1S/C18H20N2O4/c1-22-8-4-7-20-18(21)15(11-19)10-13-9-14-5-3-6-16(23-2)17(14)24-12-13/h3,5-6,9-10H,4,7-8,12H2,1-2H3,(H,20,21)/b15-10-.